The fourth-order valence-electron chi connectivity index (χ4n) is 3.91. The molecule has 1 atom stereocenters. The standard InChI is InChI=1S/C22H21ClN6O/c1-2-15-9-10-27(13-15)21-8-7-18(12-24-21)28-14-25-29-20(22(28)30)11-19(26-29)16-3-5-17(23)6-4-16/h3-8,11-12,14-15H,2,9-10,13H2,1H3. The van der Waals surface area contributed by atoms with Gasteiger partial charge in [0, 0.05) is 23.7 Å². The Kier molecular flexibility index (Phi) is 4.75. The van der Waals surface area contributed by atoms with E-state index < -0.39 is 0 Å². The van der Waals surface area contributed by atoms with Gasteiger partial charge in [-0.05, 0) is 42.7 Å². The summed E-state index contributed by atoms with van der Waals surface area (Å²) < 4.78 is 2.86. The van der Waals surface area contributed by atoms with Gasteiger partial charge in [-0.2, -0.15) is 0 Å². The largest absolute Gasteiger partial charge is 0.356 e. The Labute approximate surface area is 178 Å². The van der Waals surface area contributed by atoms with E-state index >= 15 is 0 Å². The number of pyridine rings is 1. The number of benzene rings is 1. The van der Waals surface area contributed by atoms with Crippen LogP contribution in [0, 0.1) is 5.92 Å². The van der Waals surface area contributed by atoms with Crippen molar-refractivity contribution in [2.45, 2.75) is 19.8 Å². The van der Waals surface area contributed by atoms with E-state index in [-0.39, 0.29) is 5.56 Å². The molecule has 1 aromatic carbocycles. The second-order valence-electron chi connectivity index (χ2n) is 7.60. The number of nitrogens with zero attached hydrogens (tertiary/aromatic N) is 6. The average molecular weight is 421 g/mol. The molecule has 4 aromatic rings. The summed E-state index contributed by atoms with van der Waals surface area (Å²) in [7, 11) is 0. The van der Waals surface area contributed by atoms with E-state index in [0.29, 0.717) is 21.9 Å². The Balaban J connectivity index is 1.46. The van der Waals surface area contributed by atoms with Gasteiger partial charge in [-0.15, -0.1) is 14.8 Å². The number of anilines is 1. The summed E-state index contributed by atoms with van der Waals surface area (Å²) >= 11 is 5.96. The number of hydrogen-bond acceptors (Lipinski definition) is 5. The van der Waals surface area contributed by atoms with Gasteiger partial charge in [0.1, 0.15) is 12.1 Å². The normalized spacial score (nSPS) is 16.5. The van der Waals surface area contributed by atoms with Crippen LogP contribution in [-0.4, -0.2) is 37.5 Å². The maximum absolute atomic E-state index is 13.1. The Bertz CT molecular complexity index is 1250. The summed E-state index contributed by atoms with van der Waals surface area (Å²) in [5.74, 6) is 1.68. The van der Waals surface area contributed by atoms with Crippen molar-refractivity contribution in [2.75, 3.05) is 18.0 Å². The van der Waals surface area contributed by atoms with E-state index in [1.54, 1.807) is 24.4 Å². The van der Waals surface area contributed by atoms with Crippen molar-refractivity contribution in [1.29, 1.82) is 0 Å². The van der Waals surface area contributed by atoms with Crippen LogP contribution < -0.4 is 10.5 Å². The zero-order valence-corrected chi connectivity index (χ0v) is 17.3. The first kappa shape index (κ1) is 18.8. The number of hydrogen-bond donors (Lipinski definition) is 0. The molecule has 8 heteroatoms. The first-order valence-corrected chi connectivity index (χ1v) is 10.4. The molecule has 30 heavy (non-hydrogen) atoms. The van der Waals surface area contributed by atoms with Crippen LogP contribution in [0.5, 0.6) is 0 Å². The topological polar surface area (TPSA) is 68.3 Å². The third-order valence-corrected chi connectivity index (χ3v) is 6.00. The van der Waals surface area contributed by atoms with Gasteiger partial charge in [0.05, 0.1) is 17.6 Å². The second-order valence-corrected chi connectivity index (χ2v) is 8.04. The van der Waals surface area contributed by atoms with Crippen molar-refractivity contribution in [3.8, 4) is 16.9 Å². The van der Waals surface area contributed by atoms with Crippen LogP contribution >= 0.6 is 11.6 Å². The fraction of sp³-hybridized carbons (Fsp3) is 0.273. The van der Waals surface area contributed by atoms with Gasteiger partial charge in [-0.1, -0.05) is 37.1 Å². The molecule has 0 aliphatic carbocycles. The fourth-order valence-corrected chi connectivity index (χ4v) is 4.04. The van der Waals surface area contributed by atoms with Gasteiger partial charge in [0.25, 0.3) is 5.56 Å². The molecule has 1 fully saturated rings. The zero-order valence-electron chi connectivity index (χ0n) is 16.6. The summed E-state index contributed by atoms with van der Waals surface area (Å²) in [6.07, 6.45) is 5.61. The van der Waals surface area contributed by atoms with Gasteiger partial charge in [0.15, 0.2) is 5.52 Å². The molecular formula is C22H21ClN6O. The third-order valence-electron chi connectivity index (χ3n) is 5.74. The Morgan fingerprint density at radius 3 is 2.70 bits per heavy atom. The smallest absolute Gasteiger partial charge is 0.284 e. The maximum Gasteiger partial charge on any atom is 0.284 e. The van der Waals surface area contributed by atoms with Crippen LogP contribution in [0.4, 0.5) is 5.82 Å². The van der Waals surface area contributed by atoms with E-state index in [1.165, 1.54) is 28.4 Å². The number of halogens is 1. The van der Waals surface area contributed by atoms with Crippen LogP contribution in [0.1, 0.15) is 19.8 Å². The summed E-state index contributed by atoms with van der Waals surface area (Å²) in [5, 5.41) is 9.37. The summed E-state index contributed by atoms with van der Waals surface area (Å²) in [5.41, 5.74) is 2.43. The summed E-state index contributed by atoms with van der Waals surface area (Å²) in [4.78, 5) is 19.9. The van der Waals surface area contributed by atoms with Crippen LogP contribution in [0.15, 0.2) is 59.8 Å². The molecule has 1 unspecified atom stereocenters. The molecule has 0 amide bonds. The highest BCUT2D eigenvalue weighted by molar-refractivity contribution is 6.30. The molecule has 1 aliphatic rings. The lowest BCUT2D eigenvalue weighted by atomic mass is 10.1. The van der Waals surface area contributed by atoms with Crippen molar-refractivity contribution < 1.29 is 0 Å². The van der Waals surface area contributed by atoms with E-state index in [2.05, 4.69) is 27.0 Å². The highest BCUT2D eigenvalue weighted by Crippen LogP contribution is 2.24. The molecule has 1 aliphatic heterocycles. The monoisotopic (exact) mass is 420 g/mol. The molecule has 4 heterocycles. The first-order valence-electron chi connectivity index (χ1n) is 10.1. The van der Waals surface area contributed by atoms with Crippen molar-refractivity contribution in [2.24, 2.45) is 5.92 Å². The minimum absolute atomic E-state index is 0.195. The lowest BCUT2D eigenvalue weighted by molar-refractivity contribution is 0.568. The predicted octanol–water partition coefficient (Wildman–Crippen LogP) is 3.83. The molecule has 3 aromatic heterocycles. The molecule has 0 spiro atoms. The van der Waals surface area contributed by atoms with Gasteiger partial charge < -0.3 is 4.90 Å². The van der Waals surface area contributed by atoms with Crippen LogP contribution in [0.3, 0.4) is 0 Å². The van der Waals surface area contributed by atoms with Gasteiger partial charge in [-0.25, -0.2) is 4.98 Å². The molecule has 0 radical (unpaired) electrons. The van der Waals surface area contributed by atoms with Crippen LogP contribution in [0.25, 0.3) is 22.5 Å². The van der Waals surface area contributed by atoms with E-state index in [4.69, 9.17) is 11.6 Å². The van der Waals surface area contributed by atoms with E-state index in [0.717, 1.165) is 30.4 Å². The van der Waals surface area contributed by atoms with Crippen molar-refractivity contribution >= 4 is 22.9 Å². The van der Waals surface area contributed by atoms with Crippen molar-refractivity contribution in [3.63, 3.8) is 0 Å². The summed E-state index contributed by atoms with van der Waals surface area (Å²) in [6, 6.07) is 13.0. The molecule has 7 nitrogen and oxygen atoms in total. The van der Waals surface area contributed by atoms with Crippen molar-refractivity contribution in [3.05, 3.63) is 70.4 Å². The molecule has 5 rings (SSSR count). The van der Waals surface area contributed by atoms with Gasteiger partial charge in [0.2, 0.25) is 0 Å². The molecule has 1 saturated heterocycles. The minimum Gasteiger partial charge on any atom is -0.356 e. The van der Waals surface area contributed by atoms with Gasteiger partial charge >= 0.3 is 0 Å². The third kappa shape index (κ3) is 3.35. The molecule has 152 valence electrons. The number of fused-ring (bicyclic) bond motifs is 1. The average Bonchev–Trinajstić information content (AvgIpc) is 3.42. The first-order chi connectivity index (χ1) is 14.6. The highest BCUT2D eigenvalue weighted by Gasteiger charge is 2.22. The number of rotatable bonds is 4. The summed E-state index contributed by atoms with van der Waals surface area (Å²) in [6.45, 7) is 4.30. The highest BCUT2D eigenvalue weighted by atomic mass is 35.5. The SMILES string of the molecule is CCC1CCN(c2ccc(-n3cnn4nc(-c5ccc(Cl)cc5)cc4c3=O)cn2)C1. The van der Waals surface area contributed by atoms with Crippen LogP contribution in [-0.2, 0) is 0 Å². The van der Waals surface area contributed by atoms with E-state index in [1.807, 2.05) is 24.3 Å². The molecular weight excluding hydrogens is 400 g/mol. The Morgan fingerprint density at radius 2 is 2.00 bits per heavy atom. The predicted molar refractivity (Wildman–Crippen MR) is 117 cm³/mol. The van der Waals surface area contributed by atoms with E-state index in [9.17, 15) is 4.79 Å². The quantitative estimate of drug-likeness (QED) is 0.502. The van der Waals surface area contributed by atoms with Gasteiger partial charge in [-0.3, -0.25) is 9.36 Å². The molecule has 0 N–H and O–H groups in total. The van der Waals surface area contributed by atoms with Crippen molar-refractivity contribution in [1.82, 2.24) is 24.4 Å². The van der Waals surface area contributed by atoms with Crippen LogP contribution in [0.2, 0.25) is 5.02 Å². The Morgan fingerprint density at radius 1 is 1.17 bits per heavy atom. The molecule has 0 saturated carbocycles. The Hall–Kier alpha value is -3.19. The lowest BCUT2D eigenvalue weighted by Gasteiger charge is -2.17. The lowest BCUT2D eigenvalue weighted by Crippen LogP contribution is -2.23. The maximum atomic E-state index is 13.1. The second kappa shape index (κ2) is 7.57. The minimum atomic E-state index is -0.195. The molecule has 0 bridgehead atoms. The zero-order chi connectivity index (χ0) is 20.7. The number of aromatic nitrogens is 5.